The number of carbonyl (C=O) groups is 2. The first-order valence-electron chi connectivity index (χ1n) is 10.2. The van der Waals surface area contributed by atoms with Crippen molar-refractivity contribution < 1.29 is 9.59 Å². The fourth-order valence-electron chi connectivity index (χ4n) is 3.29. The predicted molar refractivity (Wildman–Crippen MR) is 117 cm³/mol. The average Bonchev–Trinajstić information content (AvgIpc) is 3.25. The van der Waals surface area contributed by atoms with Gasteiger partial charge in [-0.15, -0.1) is 0 Å². The lowest BCUT2D eigenvalue weighted by atomic mass is 10.0. The Kier molecular flexibility index (Phi) is 7.38. The number of nitrogens with zero attached hydrogens (tertiary/aromatic N) is 2. The standard InChI is InChI=1S/C24H28N4O2/c1-18(2)23(27-22(29)14-19-8-4-3-5-9-19)24(30)26-15-20-10-6-7-11-21(20)16-28-13-12-25-17-28/h3-13,17-18,23H,14-16H2,1-2H3,(H,26,30)(H,27,29). The maximum absolute atomic E-state index is 12.8. The molecule has 0 saturated carbocycles. The van der Waals surface area contributed by atoms with E-state index in [1.165, 1.54) is 0 Å². The molecule has 1 heterocycles. The number of hydrogen-bond acceptors (Lipinski definition) is 3. The van der Waals surface area contributed by atoms with Crippen LogP contribution in [0.2, 0.25) is 0 Å². The van der Waals surface area contributed by atoms with Gasteiger partial charge in [0.1, 0.15) is 6.04 Å². The molecule has 0 aliphatic rings. The lowest BCUT2D eigenvalue weighted by Crippen LogP contribution is -2.50. The van der Waals surface area contributed by atoms with E-state index in [1.54, 1.807) is 12.5 Å². The summed E-state index contributed by atoms with van der Waals surface area (Å²) in [4.78, 5) is 29.3. The lowest BCUT2D eigenvalue weighted by Gasteiger charge is -2.22. The van der Waals surface area contributed by atoms with Gasteiger partial charge in [-0.05, 0) is 22.6 Å². The highest BCUT2D eigenvalue weighted by Crippen LogP contribution is 2.11. The van der Waals surface area contributed by atoms with Crippen molar-refractivity contribution in [1.82, 2.24) is 20.2 Å². The summed E-state index contributed by atoms with van der Waals surface area (Å²) < 4.78 is 1.99. The van der Waals surface area contributed by atoms with Crippen molar-refractivity contribution >= 4 is 11.8 Å². The quantitative estimate of drug-likeness (QED) is 0.576. The Labute approximate surface area is 177 Å². The van der Waals surface area contributed by atoms with Crippen LogP contribution >= 0.6 is 0 Å². The Balaban J connectivity index is 1.60. The van der Waals surface area contributed by atoms with Crippen LogP contribution in [0.5, 0.6) is 0 Å². The summed E-state index contributed by atoms with van der Waals surface area (Å²) in [5, 5.41) is 5.88. The zero-order valence-electron chi connectivity index (χ0n) is 17.4. The smallest absolute Gasteiger partial charge is 0.243 e. The molecule has 0 radical (unpaired) electrons. The van der Waals surface area contributed by atoms with Gasteiger partial charge in [0.05, 0.1) is 12.7 Å². The highest BCUT2D eigenvalue weighted by molar-refractivity contribution is 5.88. The Hall–Kier alpha value is -3.41. The first kappa shape index (κ1) is 21.3. The van der Waals surface area contributed by atoms with Gasteiger partial charge in [-0.3, -0.25) is 9.59 Å². The molecule has 0 fully saturated rings. The van der Waals surface area contributed by atoms with Gasteiger partial charge in [-0.1, -0.05) is 68.4 Å². The van der Waals surface area contributed by atoms with Gasteiger partial charge in [-0.2, -0.15) is 0 Å². The lowest BCUT2D eigenvalue weighted by molar-refractivity contribution is -0.129. The number of nitrogens with one attached hydrogen (secondary N) is 2. The summed E-state index contributed by atoms with van der Waals surface area (Å²) in [6.45, 7) is 4.95. The van der Waals surface area contributed by atoms with Crippen LogP contribution in [0.1, 0.15) is 30.5 Å². The van der Waals surface area contributed by atoms with E-state index in [9.17, 15) is 9.59 Å². The van der Waals surface area contributed by atoms with Crippen LogP contribution in [0, 0.1) is 5.92 Å². The summed E-state index contributed by atoms with van der Waals surface area (Å²) in [5.74, 6) is -0.356. The summed E-state index contributed by atoms with van der Waals surface area (Å²) in [5.41, 5.74) is 3.08. The van der Waals surface area contributed by atoms with Crippen LogP contribution in [-0.4, -0.2) is 27.4 Å². The number of imidazole rings is 1. The van der Waals surface area contributed by atoms with E-state index in [1.807, 2.05) is 79.2 Å². The van der Waals surface area contributed by atoms with Crippen molar-refractivity contribution in [2.45, 2.75) is 39.4 Å². The second kappa shape index (κ2) is 10.4. The molecule has 30 heavy (non-hydrogen) atoms. The highest BCUT2D eigenvalue weighted by atomic mass is 16.2. The molecule has 0 aliphatic carbocycles. The largest absolute Gasteiger partial charge is 0.350 e. The molecule has 6 nitrogen and oxygen atoms in total. The molecule has 156 valence electrons. The molecule has 1 aromatic heterocycles. The van der Waals surface area contributed by atoms with E-state index < -0.39 is 6.04 Å². The molecule has 1 atom stereocenters. The van der Waals surface area contributed by atoms with Gasteiger partial charge >= 0.3 is 0 Å². The zero-order valence-corrected chi connectivity index (χ0v) is 17.4. The minimum atomic E-state index is -0.581. The number of aromatic nitrogens is 2. The van der Waals surface area contributed by atoms with Crippen molar-refractivity contribution in [3.63, 3.8) is 0 Å². The Morgan fingerprint density at radius 1 is 1.00 bits per heavy atom. The van der Waals surface area contributed by atoms with Crippen molar-refractivity contribution in [1.29, 1.82) is 0 Å². The van der Waals surface area contributed by atoms with E-state index in [-0.39, 0.29) is 24.2 Å². The number of hydrogen-bond donors (Lipinski definition) is 2. The molecule has 0 saturated heterocycles. The van der Waals surface area contributed by atoms with Crippen LogP contribution in [-0.2, 0) is 29.1 Å². The Morgan fingerprint density at radius 2 is 1.70 bits per heavy atom. The Bertz CT molecular complexity index is 952. The molecule has 2 N–H and O–H groups in total. The highest BCUT2D eigenvalue weighted by Gasteiger charge is 2.24. The molecular formula is C24H28N4O2. The normalized spacial score (nSPS) is 11.8. The molecule has 2 aromatic carbocycles. The van der Waals surface area contributed by atoms with Crippen LogP contribution < -0.4 is 10.6 Å². The number of amides is 2. The minimum Gasteiger partial charge on any atom is -0.350 e. The third-order valence-corrected chi connectivity index (χ3v) is 4.96. The fourth-order valence-corrected chi connectivity index (χ4v) is 3.29. The second-order valence-electron chi connectivity index (χ2n) is 7.67. The van der Waals surface area contributed by atoms with Gasteiger partial charge in [0.2, 0.25) is 11.8 Å². The van der Waals surface area contributed by atoms with Gasteiger partial charge in [-0.25, -0.2) is 4.98 Å². The third kappa shape index (κ3) is 6.04. The molecule has 1 unspecified atom stereocenters. The SMILES string of the molecule is CC(C)C(NC(=O)Cc1ccccc1)C(=O)NCc1ccccc1Cn1ccnc1. The predicted octanol–water partition coefficient (Wildman–Crippen LogP) is 2.93. The minimum absolute atomic E-state index is 0.0223. The number of benzene rings is 2. The Morgan fingerprint density at radius 3 is 2.37 bits per heavy atom. The average molecular weight is 405 g/mol. The zero-order chi connectivity index (χ0) is 21.3. The van der Waals surface area contributed by atoms with Crippen molar-refractivity contribution in [2.75, 3.05) is 0 Å². The van der Waals surface area contributed by atoms with Crippen LogP contribution in [0.25, 0.3) is 0 Å². The van der Waals surface area contributed by atoms with Crippen LogP contribution in [0.3, 0.4) is 0 Å². The molecule has 0 aliphatic heterocycles. The van der Waals surface area contributed by atoms with Crippen molar-refractivity contribution in [3.05, 3.63) is 90.0 Å². The fraction of sp³-hybridized carbons (Fsp3) is 0.292. The molecule has 3 rings (SSSR count). The molecule has 2 amide bonds. The summed E-state index contributed by atoms with van der Waals surface area (Å²) in [6, 6.07) is 16.9. The molecule has 0 bridgehead atoms. The van der Waals surface area contributed by atoms with Gasteiger partial charge in [0.25, 0.3) is 0 Å². The van der Waals surface area contributed by atoms with Crippen LogP contribution in [0.15, 0.2) is 73.3 Å². The van der Waals surface area contributed by atoms with Gasteiger partial charge < -0.3 is 15.2 Å². The van der Waals surface area contributed by atoms with E-state index in [4.69, 9.17) is 0 Å². The molecule has 6 heteroatoms. The van der Waals surface area contributed by atoms with Crippen molar-refractivity contribution in [2.24, 2.45) is 5.92 Å². The van der Waals surface area contributed by atoms with E-state index >= 15 is 0 Å². The summed E-state index contributed by atoms with van der Waals surface area (Å²) in [6.07, 6.45) is 5.68. The topological polar surface area (TPSA) is 76.0 Å². The summed E-state index contributed by atoms with van der Waals surface area (Å²) >= 11 is 0. The molecular weight excluding hydrogens is 376 g/mol. The molecule has 3 aromatic rings. The number of rotatable bonds is 9. The number of carbonyl (C=O) groups excluding carboxylic acids is 2. The second-order valence-corrected chi connectivity index (χ2v) is 7.67. The first-order valence-corrected chi connectivity index (χ1v) is 10.2. The molecule has 0 spiro atoms. The van der Waals surface area contributed by atoms with Crippen LogP contribution in [0.4, 0.5) is 0 Å². The maximum atomic E-state index is 12.8. The monoisotopic (exact) mass is 404 g/mol. The van der Waals surface area contributed by atoms with E-state index in [0.29, 0.717) is 13.1 Å². The maximum Gasteiger partial charge on any atom is 0.243 e. The summed E-state index contributed by atoms with van der Waals surface area (Å²) in [7, 11) is 0. The van der Waals surface area contributed by atoms with Crippen molar-refractivity contribution in [3.8, 4) is 0 Å². The van der Waals surface area contributed by atoms with Gasteiger partial charge in [0.15, 0.2) is 0 Å². The van der Waals surface area contributed by atoms with E-state index in [2.05, 4.69) is 15.6 Å². The first-order chi connectivity index (χ1) is 14.5. The van der Waals surface area contributed by atoms with Gasteiger partial charge in [0, 0.05) is 25.5 Å². The third-order valence-electron chi connectivity index (χ3n) is 4.96. The van der Waals surface area contributed by atoms with E-state index in [0.717, 1.165) is 16.7 Å².